The van der Waals surface area contributed by atoms with E-state index in [1.807, 2.05) is 13.0 Å². The molecule has 8 nitrogen and oxygen atoms in total. The number of hydrogen-bond acceptors (Lipinski definition) is 4. The third kappa shape index (κ3) is 3.99. The van der Waals surface area contributed by atoms with E-state index in [-0.39, 0.29) is 22.5 Å². The van der Waals surface area contributed by atoms with Crippen LogP contribution in [0.1, 0.15) is 28.8 Å². The SMILES string of the molecule is CNC(=O)c1cc(S(=O)(=O)NC(C)Cc2cc(C)[nH]n2)cn1C. The molecule has 0 aliphatic rings. The summed E-state index contributed by atoms with van der Waals surface area (Å²) in [6.45, 7) is 3.65. The Balaban J connectivity index is 2.13. The Morgan fingerprint density at radius 2 is 2.13 bits per heavy atom. The monoisotopic (exact) mass is 339 g/mol. The summed E-state index contributed by atoms with van der Waals surface area (Å²) in [5.74, 6) is -0.339. The van der Waals surface area contributed by atoms with Gasteiger partial charge in [0.15, 0.2) is 0 Å². The Hall–Kier alpha value is -2.13. The number of rotatable bonds is 6. The molecule has 0 radical (unpaired) electrons. The van der Waals surface area contributed by atoms with E-state index in [4.69, 9.17) is 0 Å². The first kappa shape index (κ1) is 17.2. The predicted molar refractivity (Wildman–Crippen MR) is 85.6 cm³/mol. The molecule has 0 saturated carbocycles. The van der Waals surface area contributed by atoms with Gasteiger partial charge in [0.05, 0.1) is 5.69 Å². The van der Waals surface area contributed by atoms with Crippen LogP contribution in [0.5, 0.6) is 0 Å². The largest absolute Gasteiger partial charge is 0.354 e. The lowest BCUT2D eigenvalue weighted by molar-refractivity contribution is 0.0955. The second-order valence-corrected chi connectivity index (χ2v) is 7.23. The first-order chi connectivity index (χ1) is 10.7. The van der Waals surface area contributed by atoms with Gasteiger partial charge >= 0.3 is 0 Å². The number of aryl methyl sites for hydroxylation is 2. The summed E-state index contributed by atoms with van der Waals surface area (Å²) in [6, 6.07) is 2.90. The van der Waals surface area contributed by atoms with E-state index in [0.29, 0.717) is 6.42 Å². The van der Waals surface area contributed by atoms with Gasteiger partial charge in [-0.25, -0.2) is 13.1 Å². The van der Waals surface area contributed by atoms with Gasteiger partial charge in [-0.1, -0.05) is 0 Å². The fourth-order valence-corrected chi connectivity index (χ4v) is 3.62. The Morgan fingerprint density at radius 3 is 2.70 bits per heavy atom. The highest BCUT2D eigenvalue weighted by molar-refractivity contribution is 7.89. The summed E-state index contributed by atoms with van der Waals surface area (Å²) >= 11 is 0. The number of carbonyl (C=O) groups excluding carboxylic acids is 1. The van der Waals surface area contributed by atoms with Gasteiger partial charge in [0, 0.05) is 38.4 Å². The van der Waals surface area contributed by atoms with Crippen LogP contribution in [0, 0.1) is 6.92 Å². The van der Waals surface area contributed by atoms with Crippen molar-refractivity contribution in [1.29, 1.82) is 0 Å². The molecule has 0 aliphatic heterocycles. The lowest BCUT2D eigenvalue weighted by atomic mass is 10.2. The van der Waals surface area contributed by atoms with E-state index in [2.05, 4.69) is 20.2 Å². The number of aromatic amines is 1. The van der Waals surface area contributed by atoms with Gasteiger partial charge in [-0.05, 0) is 26.0 Å². The molecule has 0 spiro atoms. The highest BCUT2D eigenvalue weighted by atomic mass is 32.2. The second kappa shape index (κ2) is 6.55. The van der Waals surface area contributed by atoms with Crippen molar-refractivity contribution in [2.75, 3.05) is 7.05 Å². The summed E-state index contributed by atoms with van der Waals surface area (Å²) in [6.07, 6.45) is 1.89. The molecular weight excluding hydrogens is 318 g/mol. The first-order valence-corrected chi connectivity index (χ1v) is 8.63. The van der Waals surface area contributed by atoms with Gasteiger partial charge < -0.3 is 9.88 Å². The molecule has 2 aromatic rings. The summed E-state index contributed by atoms with van der Waals surface area (Å²) in [5.41, 5.74) is 1.99. The maximum absolute atomic E-state index is 12.4. The molecular formula is C14H21N5O3S. The normalized spacial score (nSPS) is 13.0. The predicted octanol–water partition coefficient (Wildman–Crippen LogP) is 0.326. The fourth-order valence-electron chi connectivity index (χ4n) is 2.30. The van der Waals surface area contributed by atoms with Crippen molar-refractivity contribution in [2.24, 2.45) is 7.05 Å². The van der Waals surface area contributed by atoms with Gasteiger partial charge in [0.2, 0.25) is 10.0 Å². The molecule has 2 heterocycles. The smallest absolute Gasteiger partial charge is 0.267 e. The van der Waals surface area contributed by atoms with Gasteiger partial charge in [-0.15, -0.1) is 0 Å². The number of nitrogens with one attached hydrogen (secondary N) is 3. The maximum atomic E-state index is 12.4. The van der Waals surface area contributed by atoms with E-state index in [9.17, 15) is 13.2 Å². The third-order valence-electron chi connectivity index (χ3n) is 3.38. The zero-order valence-electron chi connectivity index (χ0n) is 13.5. The Labute approximate surface area is 135 Å². The molecule has 1 atom stereocenters. The zero-order chi connectivity index (χ0) is 17.2. The van der Waals surface area contributed by atoms with Crippen LogP contribution in [-0.2, 0) is 23.5 Å². The van der Waals surface area contributed by atoms with Crippen LogP contribution in [-0.4, -0.2) is 42.2 Å². The van der Waals surface area contributed by atoms with Crippen LogP contribution in [0.3, 0.4) is 0 Å². The van der Waals surface area contributed by atoms with Crippen molar-refractivity contribution >= 4 is 15.9 Å². The van der Waals surface area contributed by atoms with Crippen molar-refractivity contribution in [3.63, 3.8) is 0 Å². The fraction of sp³-hybridized carbons (Fsp3) is 0.429. The van der Waals surface area contributed by atoms with Crippen LogP contribution < -0.4 is 10.0 Å². The number of nitrogens with zero attached hydrogens (tertiary/aromatic N) is 2. The molecule has 0 saturated heterocycles. The Bertz CT molecular complexity index is 806. The van der Waals surface area contributed by atoms with Gasteiger partial charge in [-0.3, -0.25) is 9.89 Å². The summed E-state index contributed by atoms with van der Waals surface area (Å²) < 4.78 is 28.9. The molecule has 2 rings (SSSR count). The number of aromatic nitrogens is 3. The number of H-pyrrole nitrogens is 1. The van der Waals surface area contributed by atoms with Gasteiger partial charge in [-0.2, -0.15) is 5.10 Å². The number of carbonyl (C=O) groups is 1. The van der Waals surface area contributed by atoms with E-state index in [0.717, 1.165) is 11.4 Å². The number of sulfonamides is 1. The zero-order valence-corrected chi connectivity index (χ0v) is 14.4. The molecule has 0 bridgehead atoms. The van der Waals surface area contributed by atoms with E-state index in [1.165, 1.54) is 23.9 Å². The molecule has 2 aromatic heterocycles. The average molecular weight is 339 g/mol. The van der Waals surface area contributed by atoms with Crippen LogP contribution in [0.25, 0.3) is 0 Å². The van der Waals surface area contributed by atoms with Crippen molar-refractivity contribution < 1.29 is 13.2 Å². The van der Waals surface area contributed by atoms with E-state index < -0.39 is 10.0 Å². The molecule has 0 aromatic carbocycles. The minimum absolute atomic E-state index is 0.0589. The van der Waals surface area contributed by atoms with Gasteiger partial charge in [0.25, 0.3) is 5.91 Å². The molecule has 0 fully saturated rings. The standard InChI is InChI=1S/C14H21N5O3S/c1-9-5-11(17-16-9)6-10(2)18-23(21,22)12-7-13(14(20)15-3)19(4)8-12/h5,7-8,10,18H,6H2,1-4H3,(H,15,20)(H,16,17). The first-order valence-electron chi connectivity index (χ1n) is 7.14. The highest BCUT2D eigenvalue weighted by Gasteiger charge is 2.22. The second-order valence-electron chi connectivity index (χ2n) is 5.52. The van der Waals surface area contributed by atoms with Gasteiger partial charge in [0.1, 0.15) is 10.6 Å². The summed E-state index contributed by atoms with van der Waals surface area (Å²) in [5, 5.41) is 9.39. The highest BCUT2D eigenvalue weighted by Crippen LogP contribution is 2.14. The molecule has 126 valence electrons. The minimum atomic E-state index is -3.71. The number of amides is 1. The average Bonchev–Trinajstić information content (AvgIpc) is 3.04. The molecule has 9 heteroatoms. The van der Waals surface area contributed by atoms with Crippen molar-refractivity contribution in [1.82, 2.24) is 24.8 Å². The Kier molecular flexibility index (Phi) is 4.90. The molecule has 23 heavy (non-hydrogen) atoms. The minimum Gasteiger partial charge on any atom is -0.354 e. The number of hydrogen-bond donors (Lipinski definition) is 3. The lowest BCUT2D eigenvalue weighted by Gasteiger charge is -2.12. The molecule has 1 unspecified atom stereocenters. The molecule has 0 aliphatic carbocycles. The lowest BCUT2D eigenvalue weighted by Crippen LogP contribution is -2.34. The third-order valence-corrected chi connectivity index (χ3v) is 4.94. The van der Waals surface area contributed by atoms with Crippen molar-refractivity contribution in [3.05, 3.63) is 35.4 Å². The van der Waals surface area contributed by atoms with E-state index in [1.54, 1.807) is 14.0 Å². The summed E-state index contributed by atoms with van der Waals surface area (Å²) in [4.78, 5) is 11.7. The Morgan fingerprint density at radius 1 is 1.43 bits per heavy atom. The van der Waals surface area contributed by atoms with Crippen molar-refractivity contribution in [2.45, 2.75) is 31.2 Å². The molecule has 3 N–H and O–H groups in total. The van der Waals surface area contributed by atoms with Crippen molar-refractivity contribution in [3.8, 4) is 0 Å². The van der Waals surface area contributed by atoms with Crippen LogP contribution in [0.15, 0.2) is 23.2 Å². The van der Waals surface area contributed by atoms with Crippen LogP contribution in [0.2, 0.25) is 0 Å². The van der Waals surface area contributed by atoms with Crippen LogP contribution in [0.4, 0.5) is 0 Å². The topological polar surface area (TPSA) is 109 Å². The maximum Gasteiger partial charge on any atom is 0.267 e. The van der Waals surface area contributed by atoms with Crippen LogP contribution >= 0.6 is 0 Å². The molecule has 1 amide bonds. The summed E-state index contributed by atoms with van der Waals surface area (Å²) in [7, 11) is -0.585. The van der Waals surface area contributed by atoms with E-state index >= 15 is 0 Å². The quantitative estimate of drug-likeness (QED) is 0.704.